The Morgan fingerprint density at radius 2 is 2.12 bits per heavy atom. The zero-order valence-corrected chi connectivity index (χ0v) is 11.3. The van der Waals surface area contributed by atoms with Gasteiger partial charge in [0.1, 0.15) is 11.2 Å². The summed E-state index contributed by atoms with van der Waals surface area (Å²) in [5, 5.41) is 1.80. The predicted octanol–water partition coefficient (Wildman–Crippen LogP) is 3.39. The molecule has 1 amide bonds. The van der Waals surface area contributed by atoms with Crippen LogP contribution in [0.15, 0.2) is 22.7 Å². The van der Waals surface area contributed by atoms with Crippen molar-refractivity contribution in [2.75, 3.05) is 0 Å². The standard InChI is InChI=1S/C11H12BrClFNO/c1-6(2)15-11(16)10(13)7-3-4-8(12)9(14)5-7/h3-6,10H,1-2H3,(H,15,16). The number of rotatable bonds is 3. The molecule has 88 valence electrons. The quantitative estimate of drug-likeness (QED) is 0.852. The molecule has 0 aromatic heterocycles. The van der Waals surface area contributed by atoms with Crippen LogP contribution >= 0.6 is 27.5 Å². The lowest BCUT2D eigenvalue weighted by molar-refractivity contribution is -0.121. The third-order valence-corrected chi connectivity index (χ3v) is 2.99. The summed E-state index contributed by atoms with van der Waals surface area (Å²) < 4.78 is 13.6. The fraction of sp³-hybridized carbons (Fsp3) is 0.364. The second kappa shape index (κ2) is 5.64. The molecule has 1 atom stereocenters. The summed E-state index contributed by atoms with van der Waals surface area (Å²) in [6.45, 7) is 3.67. The molecule has 1 N–H and O–H groups in total. The summed E-state index contributed by atoms with van der Waals surface area (Å²) in [7, 11) is 0. The zero-order chi connectivity index (χ0) is 12.3. The number of hydrogen-bond donors (Lipinski definition) is 1. The van der Waals surface area contributed by atoms with Crippen molar-refractivity contribution in [3.05, 3.63) is 34.1 Å². The number of carbonyl (C=O) groups excluding carboxylic acids is 1. The molecule has 5 heteroatoms. The Labute approximate surface area is 107 Å². The van der Waals surface area contributed by atoms with Gasteiger partial charge in [0, 0.05) is 6.04 Å². The summed E-state index contributed by atoms with van der Waals surface area (Å²) >= 11 is 8.97. The van der Waals surface area contributed by atoms with E-state index in [0.717, 1.165) is 0 Å². The Morgan fingerprint density at radius 3 is 2.62 bits per heavy atom. The van der Waals surface area contributed by atoms with Crippen LogP contribution in [0.5, 0.6) is 0 Å². The smallest absolute Gasteiger partial charge is 0.242 e. The van der Waals surface area contributed by atoms with Crippen molar-refractivity contribution in [3.63, 3.8) is 0 Å². The molecular weight excluding hydrogens is 296 g/mol. The number of halogens is 3. The molecule has 1 aromatic carbocycles. The Hall–Kier alpha value is -0.610. The highest BCUT2D eigenvalue weighted by Crippen LogP contribution is 2.25. The number of amides is 1. The summed E-state index contributed by atoms with van der Waals surface area (Å²) in [6.07, 6.45) is 0. The first-order chi connectivity index (χ1) is 7.41. The minimum Gasteiger partial charge on any atom is -0.352 e. The number of benzene rings is 1. The minimum atomic E-state index is -0.870. The van der Waals surface area contributed by atoms with Crippen LogP contribution in [0.1, 0.15) is 24.8 Å². The maximum Gasteiger partial charge on any atom is 0.242 e. The van der Waals surface area contributed by atoms with Crippen molar-refractivity contribution in [1.29, 1.82) is 0 Å². The maximum atomic E-state index is 13.2. The number of hydrogen-bond acceptors (Lipinski definition) is 1. The van der Waals surface area contributed by atoms with Gasteiger partial charge in [0.05, 0.1) is 4.47 Å². The Morgan fingerprint density at radius 1 is 1.50 bits per heavy atom. The summed E-state index contributed by atoms with van der Waals surface area (Å²) in [5.41, 5.74) is 0.445. The molecule has 0 saturated carbocycles. The van der Waals surface area contributed by atoms with E-state index in [1.807, 2.05) is 13.8 Å². The molecule has 0 aliphatic heterocycles. The summed E-state index contributed by atoms with van der Waals surface area (Å²) in [5.74, 6) is -0.751. The van der Waals surface area contributed by atoms with Crippen molar-refractivity contribution in [1.82, 2.24) is 5.32 Å². The lowest BCUT2D eigenvalue weighted by Gasteiger charge is -2.13. The largest absolute Gasteiger partial charge is 0.352 e. The number of carbonyl (C=O) groups is 1. The Kier molecular flexibility index (Phi) is 4.74. The van der Waals surface area contributed by atoms with Crippen LogP contribution in [0, 0.1) is 5.82 Å². The van der Waals surface area contributed by atoms with Crippen LogP contribution in [0.3, 0.4) is 0 Å². The van der Waals surface area contributed by atoms with E-state index in [-0.39, 0.29) is 11.9 Å². The van der Waals surface area contributed by atoms with Gasteiger partial charge in [-0.25, -0.2) is 4.39 Å². The molecule has 0 aliphatic rings. The average Bonchev–Trinajstić information content (AvgIpc) is 2.20. The van der Waals surface area contributed by atoms with Crippen molar-refractivity contribution in [3.8, 4) is 0 Å². The molecule has 16 heavy (non-hydrogen) atoms. The SMILES string of the molecule is CC(C)NC(=O)C(Cl)c1ccc(Br)c(F)c1. The lowest BCUT2D eigenvalue weighted by atomic mass is 10.1. The van der Waals surface area contributed by atoms with Gasteiger partial charge in [-0.1, -0.05) is 6.07 Å². The molecule has 2 nitrogen and oxygen atoms in total. The van der Waals surface area contributed by atoms with E-state index >= 15 is 0 Å². The third kappa shape index (κ3) is 3.46. The van der Waals surface area contributed by atoms with Gasteiger partial charge in [-0.15, -0.1) is 11.6 Å². The van der Waals surface area contributed by atoms with Crippen LogP contribution in [-0.2, 0) is 4.79 Å². The second-order valence-corrected chi connectivity index (χ2v) is 4.99. The maximum absolute atomic E-state index is 13.2. The summed E-state index contributed by atoms with van der Waals surface area (Å²) in [6, 6.07) is 4.41. The van der Waals surface area contributed by atoms with Crippen molar-refractivity contribution in [2.45, 2.75) is 25.3 Å². The van der Waals surface area contributed by atoms with Crippen LogP contribution < -0.4 is 5.32 Å². The Bertz CT molecular complexity index is 398. The molecule has 1 rings (SSSR count). The predicted molar refractivity (Wildman–Crippen MR) is 66.0 cm³/mol. The van der Waals surface area contributed by atoms with Gasteiger partial charge >= 0.3 is 0 Å². The fourth-order valence-corrected chi connectivity index (χ4v) is 1.62. The van der Waals surface area contributed by atoms with Crippen LogP contribution in [0.2, 0.25) is 0 Å². The van der Waals surface area contributed by atoms with Crippen LogP contribution in [0.25, 0.3) is 0 Å². The van der Waals surface area contributed by atoms with Gasteiger partial charge < -0.3 is 5.32 Å². The van der Waals surface area contributed by atoms with Crippen LogP contribution in [-0.4, -0.2) is 11.9 Å². The van der Waals surface area contributed by atoms with Gasteiger partial charge in [-0.05, 0) is 47.5 Å². The number of nitrogens with one attached hydrogen (secondary N) is 1. The first kappa shape index (κ1) is 13.5. The summed E-state index contributed by atoms with van der Waals surface area (Å²) in [4.78, 5) is 11.6. The van der Waals surface area contributed by atoms with E-state index < -0.39 is 11.2 Å². The van der Waals surface area contributed by atoms with Crippen molar-refractivity contribution in [2.24, 2.45) is 0 Å². The zero-order valence-electron chi connectivity index (χ0n) is 8.93. The van der Waals surface area contributed by atoms with Gasteiger partial charge in [0.2, 0.25) is 5.91 Å². The van der Waals surface area contributed by atoms with E-state index in [9.17, 15) is 9.18 Å². The highest BCUT2D eigenvalue weighted by atomic mass is 79.9. The van der Waals surface area contributed by atoms with Crippen molar-refractivity contribution >= 4 is 33.4 Å². The highest BCUT2D eigenvalue weighted by Gasteiger charge is 2.19. The molecule has 1 aromatic rings. The highest BCUT2D eigenvalue weighted by molar-refractivity contribution is 9.10. The fourth-order valence-electron chi connectivity index (χ4n) is 1.18. The lowest BCUT2D eigenvalue weighted by Crippen LogP contribution is -2.32. The molecule has 0 heterocycles. The van der Waals surface area contributed by atoms with E-state index in [2.05, 4.69) is 21.2 Å². The molecule has 0 radical (unpaired) electrons. The molecule has 0 saturated heterocycles. The number of alkyl halides is 1. The monoisotopic (exact) mass is 307 g/mol. The first-order valence-electron chi connectivity index (χ1n) is 4.81. The molecule has 0 aliphatic carbocycles. The van der Waals surface area contributed by atoms with Gasteiger partial charge in [0.25, 0.3) is 0 Å². The molecule has 0 bridgehead atoms. The molecule has 0 fully saturated rings. The van der Waals surface area contributed by atoms with E-state index in [1.165, 1.54) is 12.1 Å². The minimum absolute atomic E-state index is 0.00838. The molecule has 0 spiro atoms. The van der Waals surface area contributed by atoms with E-state index in [0.29, 0.717) is 10.0 Å². The van der Waals surface area contributed by atoms with Gasteiger partial charge in [0.15, 0.2) is 0 Å². The second-order valence-electron chi connectivity index (χ2n) is 3.70. The Balaban J connectivity index is 2.83. The normalized spacial score (nSPS) is 12.6. The van der Waals surface area contributed by atoms with Crippen LogP contribution in [0.4, 0.5) is 4.39 Å². The van der Waals surface area contributed by atoms with E-state index in [4.69, 9.17) is 11.6 Å². The first-order valence-corrected chi connectivity index (χ1v) is 6.04. The topological polar surface area (TPSA) is 29.1 Å². The van der Waals surface area contributed by atoms with E-state index in [1.54, 1.807) is 6.07 Å². The molecule has 1 unspecified atom stereocenters. The van der Waals surface area contributed by atoms with Crippen molar-refractivity contribution < 1.29 is 9.18 Å². The third-order valence-electron chi connectivity index (χ3n) is 1.90. The average molecular weight is 309 g/mol. The van der Waals surface area contributed by atoms with Gasteiger partial charge in [-0.2, -0.15) is 0 Å². The van der Waals surface area contributed by atoms with Gasteiger partial charge in [-0.3, -0.25) is 4.79 Å². The molecular formula is C11H12BrClFNO.